The molecule has 0 saturated heterocycles. The summed E-state index contributed by atoms with van der Waals surface area (Å²) in [4.78, 5) is 0. The molecular weight excluding hydrogens is 232 g/mol. The Bertz CT molecular complexity index is 403. The van der Waals surface area contributed by atoms with Gasteiger partial charge in [0.25, 0.3) is 0 Å². The number of halogens is 2. The quantitative estimate of drug-likeness (QED) is 0.863. The Morgan fingerprint density at radius 1 is 1.11 bits per heavy atom. The van der Waals surface area contributed by atoms with Gasteiger partial charge < -0.3 is 5.32 Å². The Balaban J connectivity index is 2.01. The molecule has 2 unspecified atom stereocenters. The van der Waals surface area contributed by atoms with Gasteiger partial charge in [0.15, 0.2) is 0 Å². The fraction of sp³-hybridized carbons (Fsp3) is 0.600. The zero-order valence-corrected chi connectivity index (χ0v) is 11.3. The van der Waals surface area contributed by atoms with E-state index < -0.39 is 11.6 Å². The van der Waals surface area contributed by atoms with Crippen molar-refractivity contribution in [2.24, 2.45) is 5.92 Å². The van der Waals surface area contributed by atoms with Crippen LogP contribution in [0.5, 0.6) is 0 Å². The van der Waals surface area contributed by atoms with Gasteiger partial charge in [0, 0.05) is 11.6 Å². The van der Waals surface area contributed by atoms with Crippen LogP contribution in [0.4, 0.5) is 8.78 Å². The fourth-order valence-electron chi connectivity index (χ4n) is 2.48. The van der Waals surface area contributed by atoms with E-state index in [0.717, 1.165) is 31.0 Å². The van der Waals surface area contributed by atoms with Crippen LogP contribution in [0.25, 0.3) is 0 Å². The molecule has 0 heterocycles. The molecule has 100 valence electrons. The van der Waals surface area contributed by atoms with Gasteiger partial charge in [-0.25, -0.2) is 8.78 Å². The van der Waals surface area contributed by atoms with Gasteiger partial charge in [-0.3, -0.25) is 0 Å². The van der Waals surface area contributed by atoms with Crippen LogP contribution in [0.3, 0.4) is 0 Å². The molecule has 1 aromatic rings. The maximum absolute atomic E-state index is 13.2. The highest BCUT2D eigenvalue weighted by Crippen LogP contribution is 2.42. The van der Waals surface area contributed by atoms with Crippen LogP contribution >= 0.6 is 0 Å². The molecule has 1 N–H and O–H groups in total. The lowest BCUT2D eigenvalue weighted by atomic mass is 9.70. The van der Waals surface area contributed by atoms with Gasteiger partial charge in [0.1, 0.15) is 11.6 Å². The number of nitrogens with one attached hydrogen (secondary N) is 1. The molecule has 0 amide bonds. The minimum absolute atomic E-state index is 0.0906. The van der Waals surface area contributed by atoms with E-state index in [4.69, 9.17) is 0 Å². The predicted molar refractivity (Wildman–Crippen MR) is 69.6 cm³/mol. The molecule has 0 spiro atoms. The van der Waals surface area contributed by atoms with Crippen molar-refractivity contribution in [2.45, 2.75) is 45.1 Å². The molecule has 1 aromatic carbocycles. The Hall–Kier alpha value is -0.960. The van der Waals surface area contributed by atoms with Crippen molar-refractivity contribution in [3.05, 3.63) is 35.4 Å². The molecular formula is C15H21F2N. The van der Waals surface area contributed by atoms with E-state index in [-0.39, 0.29) is 5.54 Å². The summed E-state index contributed by atoms with van der Waals surface area (Å²) < 4.78 is 26.4. The van der Waals surface area contributed by atoms with E-state index in [0.29, 0.717) is 11.8 Å². The van der Waals surface area contributed by atoms with Crippen molar-refractivity contribution in [3.63, 3.8) is 0 Å². The summed E-state index contributed by atoms with van der Waals surface area (Å²) in [7, 11) is 0. The van der Waals surface area contributed by atoms with Crippen LogP contribution in [0, 0.1) is 17.6 Å². The minimum Gasteiger partial charge on any atom is -0.312 e. The first-order valence-corrected chi connectivity index (χ1v) is 6.56. The summed E-state index contributed by atoms with van der Waals surface area (Å²) in [6.45, 7) is 7.29. The first-order valence-electron chi connectivity index (χ1n) is 6.56. The summed E-state index contributed by atoms with van der Waals surface area (Å²) in [6.07, 6.45) is 2.16. The molecule has 0 aliphatic heterocycles. The molecule has 1 nitrogen and oxygen atoms in total. The molecule has 3 heteroatoms. The minimum atomic E-state index is -0.473. The van der Waals surface area contributed by atoms with E-state index in [1.807, 2.05) is 0 Å². The second kappa shape index (κ2) is 4.96. The normalized spacial score (nSPS) is 23.8. The second-order valence-electron chi connectivity index (χ2n) is 6.28. The molecule has 1 aliphatic carbocycles. The summed E-state index contributed by atoms with van der Waals surface area (Å²) in [5, 5.41) is 3.47. The van der Waals surface area contributed by atoms with Gasteiger partial charge in [0.2, 0.25) is 0 Å². The molecule has 1 aliphatic rings. The fourth-order valence-corrected chi connectivity index (χ4v) is 2.48. The number of benzene rings is 1. The molecule has 18 heavy (non-hydrogen) atoms. The monoisotopic (exact) mass is 253 g/mol. The zero-order chi connectivity index (χ0) is 13.3. The number of rotatable bonds is 3. The molecule has 2 rings (SSSR count). The first-order chi connectivity index (χ1) is 8.35. The highest BCUT2D eigenvalue weighted by molar-refractivity contribution is 5.24. The highest BCUT2D eigenvalue weighted by atomic mass is 19.1. The van der Waals surface area contributed by atoms with Crippen LogP contribution in [0.1, 0.15) is 45.1 Å². The largest absolute Gasteiger partial charge is 0.312 e. The molecule has 1 fully saturated rings. The van der Waals surface area contributed by atoms with Crippen LogP contribution < -0.4 is 5.32 Å². The van der Waals surface area contributed by atoms with Crippen LogP contribution in [-0.4, -0.2) is 12.1 Å². The van der Waals surface area contributed by atoms with Gasteiger partial charge in [-0.15, -0.1) is 0 Å². The second-order valence-corrected chi connectivity index (χ2v) is 6.28. The van der Waals surface area contributed by atoms with Crippen molar-refractivity contribution in [1.29, 1.82) is 0 Å². The van der Waals surface area contributed by atoms with Crippen LogP contribution in [0.2, 0.25) is 0 Å². The summed E-state index contributed by atoms with van der Waals surface area (Å²) in [5.41, 5.74) is 0.896. The maximum atomic E-state index is 13.2. The van der Waals surface area contributed by atoms with Gasteiger partial charge in [-0.1, -0.05) is 0 Å². The van der Waals surface area contributed by atoms with Crippen molar-refractivity contribution in [1.82, 2.24) is 5.32 Å². The summed E-state index contributed by atoms with van der Waals surface area (Å²) in [6, 6.07) is 3.87. The lowest BCUT2D eigenvalue weighted by Crippen LogP contribution is -2.43. The van der Waals surface area contributed by atoms with Crippen LogP contribution in [0.15, 0.2) is 18.2 Å². The third-order valence-corrected chi connectivity index (χ3v) is 3.63. The molecule has 1 saturated carbocycles. The van der Waals surface area contributed by atoms with Crippen molar-refractivity contribution in [3.8, 4) is 0 Å². The van der Waals surface area contributed by atoms with E-state index in [1.54, 1.807) is 0 Å². The number of hydrogen-bond acceptors (Lipinski definition) is 1. The van der Waals surface area contributed by atoms with Gasteiger partial charge in [-0.05, 0) is 69.7 Å². The average Bonchev–Trinajstić information content (AvgIpc) is 2.11. The van der Waals surface area contributed by atoms with Gasteiger partial charge >= 0.3 is 0 Å². The van der Waals surface area contributed by atoms with E-state index >= 15 is 0 Å². The third kappa shape index (κ3) is 3.29. The standard InChI is InChI=1S/C15H21F2N/c1-15(2,3)18-9-10-4-5-14(10)11-6-12(16)8-13(17)7-11/h6-8,10,14,18H,4-5,9H2,1-3H3. The van der Waals surface area contributed by atoms with Gasteiger partial charge in [0.05, 0.1) is 0 Å². The SMILES string of the molecule is CC(C)(C)NCC1CCC1c1cc(F)cc(F)c1. The maximum Gasteiger partial charge on any atom is 0.126 e. The first kappa shape index (κ1) is 13.5. The van der Waals surface area contributed by atoms with Crippen molar-refractivity contribution >= 4 is 0 Å². The smallest absolute Gasteiger partial charge is 0.126 e. The Labute approximate surface area is 108 Å². The zero-order valence-electron chi connectivity index (χ0n) is 11.3. The summed E-state index contributed by atoms with van der Waals surface area (Å²) in [5.74, 6) is -0.158. The van der Waals surface area contributed by atoms with Crippen molar-refractivity contribution < 1.29 is 8.78 Å². The third-order valence-electron chi connectivity index (χ3n) is 3.63. The topological polar surface area (TPSA) is 12.0 Å². The number of hydrogen-bond donors (Lipinski definition) is 1. The Morgan fingerprint density at radius 3 is 2.17 bits per heavy atom. The predicted octanol–water partition coefficient (Wildman–Crippen LogP) is 3.85. The van der Waals surface area contributed by atoms with Crippen LogP contribution in [-0.2, 0) is 0 Å². The molecule has 0 radical (unpaired) electrons. The van der Waals surface area contributed by atoms with Gasteiger partial charge in [-0.2, -0.15) is 0 Å². The molecule has 0 aromatic heterocycles. The highest BCUT2D eigenvalue weighted by Gasteiger charge is 2.33. The Morgan fingerprint density at radius 2 is 1.72 bits per heavy atom. The average molecular weight is 253 g/mol. The van der Waals surface area contributed by atoms with E-state index in [1.165, 1.54) is 12.1 Å². The van der Waals surface area contributed by atoms with E-state index in [2.05, 4.69) is 26.1 Å². The lowest BCUT2D eigenvalue weighted by Gasteiger charge is -2.39. The lowest BCUT2D eigenvalue weighted by molar-refractivity contribution is 0.225. The molecule has 2 atom stereocenters. The Kier molecular flexibility index (Phi) is 3.71. The van der Waals surface area contributed by atoms with E-state index in [9.17, 15) is 8.78 Å². The summed E-state index contributed by atoms with van der Waals surface area (Å²) >= 11 is 0. The molecule has 0 bridgehead atoms. The van der Waals surface area contributed by atoms with Crippen molar-refractivity contribution in [2.75, 3.05) is 6.54 Å².